The number of benzene rings is 2. The summed E-state index contributed by atoms with van der Waals surface area (Å²) in [6.07, 6.45) is 0.0799. The van der Waals surface area contributed by atoms with Gasteiger partial charge in [0.25, 0.3) is 11.8 Å². The van der Waals surface area contributed by atoms with Gasteiger partial charge < -0.3 is 25.0 Å². The number of para-hydroxylation sites is 1. The highest BCUT2D eigenvalue weighted by Gasteiger charge is 2.30. The average Bonchev–Trinajstić information content (AvgIpc) is 3.20. The summed E-state index contributed by atoms with van der Waals surface area (Å²) >= 11 is 1.29. The molecule has 1 aliphatic heterocycles. The van der Waals surface area contributed by atoms with E-state index in [0.29, 0.717) is 47.1 Å². The van der Waals surface area contributed by atoms with Crippen molar-refractivity contribution in [1.82, 2.24) is 10.2 Å². The third-order valence-electron chi connectivity index (χ3n) is 5.25. The van der Waals surface area contributed by atoms with Gasteiger partial charge >= 0.3 is 6.09 Å². The molecule has 3 amide bonds. The first kappa shape index (κ1) is 22.3. The largest absolute Gasteiger partial charge is 0.457 e. The molecular formula is C24H23N3O5S. The molecule has 3 aromatic rings. The molecule has 9 heteroatoms. The van der Waals surface area contributed by atoms with E-state index in [2.05, 4.69) is 10.6 Å². The summed E-state index contributed by atoms with van der Waals surface area (Å²) in [4.78, 5) is 40.0. The molecule has 33 heavy (non-hydrogen) atoms. The zero-order valence-electron chi connectivity index (χ0n) is 18.2. The number of hydrogen-bond acceptors (Lipinski definition) is 6. The summed E-state index contributed by atoms with van der Waals surface area (Å²) in [5.74, 6) is 0.551. The highest BCUT2D eigenvalue weighted by atomic mass is 32.1. The Hall–Kier alpha value is -3.85. The number of nitrogens with one attached hydrogen (secondary N) is 2. The molecule has 0 unspecified atom stereocenters. The SMILES string of the molecule is CNC(=O)c1c(NC(=O)c2cccc(Oc3ccccc3)c2)sc2c1CCN(C(=O)OC)C2. The van der Waals surface area contributed by atoms with Crippen molar-refractivity contribution in [3.8, 4) is 11.5 Å². The van der Waals surface area contributed by atoms with E-state index < -0.39 is 6.09 Å². The molecule has 0 bridgehead atoms. The zero-order chi connectivity index (χ0) is 23.4. The van der Waals surface area contributed by atoms with Gasteiger partial charge in [0.2, 0.25) is 0 Å². The first-order valence-electron chi connectivity index (χ1n) is 10.3. The minimum absolute atomic E-state index is 0.282. The summed E-state index contributed by atoms with van der Waals surface area (Å²) in [5, 5.41) is 5.97. The van der Waals surface area contributed by atoms with Gasteiger partial charge in [0.1, 0.15) is 16.5 Å². The van der Waals surface area contributed by atoms with Crippen LogP contribution in [0.4, 0.5) is 9.80 Å². The van der Waals surface area contributed by atoms with Crippen LogP contribution in [-0.2, 0) is 17.7 Å². The van der Waals surface area contributed by atoms with Crippen LogP contribution in [0.1, 0.15) is 31.2 Å². The van der Waals surface area contributed by atoms with E-state index in [4.69, 9.17) is 9.47 Å². The van der Waals surface area contributed by atoms with Crippen LogP contribution < -0.4 is 15.4 Å². The summed E-state index contributed by atoms with van der Waals surface area (Å²) in [6, 6.07) is 16.1. The van der Waals surface area contributed by atoms with E-state index in [1.54, 1.807) is 36.2 Å². The quantitative estimate of drug-likeness (QED) is 0.586. The Morgan fingerprint density at radius 1 is 1.00 bits per heavy atom. The van der Waals surface area contributed by atoms with Crippen LogP contribution in [0.5, 0.6) is 11.5 Å². The topological polar surface area (TPSA) is 97.0 Å². The normalized spacial score (nSPS) is 12.5. The van der Waals surface area contributed by atoms with Gasteiger partial charge in [0.15, 0.2) is 0 Å². The number of amides is 3. The number of hydrogen-bond donors (Lipinski definition) is 2. The highest BCUT2D eigenvalue weighted by molar-refractivity contribution is 7.17. The standard InChI is InChI=1S/C24H23N3O5S/c1-25-22(29)20-18-11-12-27(24(30)31-2)14-19(18)33-23(20)26-21(28)15-7-6-10-17(13-15)32-16-8-4-3-5-9-16/h3-10,13H,11-12,14H2,1-2H3,(H,25,29)(H,26,28). The van der Waals surface area contributed by atoms with Gasteiger partial charge in [-0.2, -0.15) is 0 Å². The Morgan fingerprint density at radius 2 is 1.76 bits per heavy atom. The maximum Gasteiger partial charge on any atom is 0.409 e. The monoisotopic (exact) mass is 465 g/mol. The molecular weight excluding hydrogens is 442 g/mol. The summed E-state index contributed by atoms with van der Waals surface area (Å²) in [5.41, 5.74) is 1.68. The van der Waals surface area contributed by atoms with E-state index in [1.165, 1.54) is 18.4 Å². The fourth-order valence-corrected chi connectivity index (χ4v) is 4.90. The maximum absolute atomic E-state index is 13.0. The lowest BCUT2D eigenvalue weighted by molar-refractivity contribution is 0.0962. The average molecular weight is 466 g/mol. The lowest BCUT2D eigenvalue weighted by atomic mass is 10.0. The molecule has 0 aliphatic carbocycles. The summed E-state index contributed by atoms with van der Waals surface area (Å²) in [7, 11) is 2.88. The highest BCUT2D eigenvalue weighted by Crippen LogP contribution is 2.37. The number of carbonyl (C=O) groups is 3. The number of carbonyl (C=O) groups excluding carboxylic acids is 3. The van der Waals surface area contributed by atoms with Crippen molar-refractivity contribution < 1.29 is 23.9 Å². The molecule has 4 rings (SSSR count). The molecule has 1 aliphatic rings. The van der Waals surface area contributed by atoms with Crippen LogP contribution in [0.3, 0.4) is 0 Å². The lowest BCUT2D eigenvalue weighted by Gasteiger charge is -2.25. The van der Waals surface area contributed by atoms with Gasteiger partial charge in [-0.1, -0.05) is 24.3 Å². The van der Waals surface area contributed by atoms with Crippen LogP contribution >= 0.6 is 11.3 Å². The number of methoxy groups -OCH3 is 1. The number of fused-ring (bicyclic) bond motifs is 1. The predicted octanol–water partition coefficient (Wildman–Crippen LogP) is 4.28. The van der Waals surface area contributed by atoms with Crippen molar-refractivity contribution in [2.75, 3.05) is 26.0 Å². The van der Waals surface area contributed by atoms with E-state index in [9.17, 15) is 14.4 Å². The number of anilines is 1. The lowest BCUT2D eigenvalue weighted by Crippen LogP contribution is -2.35. The van der Waals surface area contributed by atoms with Gasteiger partial charge in [-0.25, -0.2) is 4.79 Å². The minimum Gasteiger partial charge on any atom is -0.457 e. The molecule has 0 fully saturated rings. The number of nitrogens with zero attached hydrogens (tertiary/aromatic N) is 1. The first-order valence-corrected chi connectivity index (χ1v) is 11.2. The van der Waals surface area contributed by atoms with Crippen LogP contribution in [0, 0.1) is 0 Å². The zero-order valence-corrected chi connectivity index (χ0v) is 19.0. The Kier molecular flexibility index (Phi) is 6.60. The minimum atomic E-state index is -0.420. The van der Waals surface area contributed by atoms with Crippen molar-refractivity contribution in [2.45, 2.75) is 13.0 Å². The third-order valence-corrected chi connectivity index (χ3v) is 6.38. The van der Waals surface area contributed by atoms with E-state index in [1.807, 2.05) is 30.3 Å². The van der Waals surface area contributed by atoms with Crippen molar-refractivity contribution in [1.29, 1.82) is 0 Å². The molecule has 8 nitrogen and oxygen atoms in total. The van der Waals surface area contributed by atoms with Crippen LogP contribution in [-0.4, -0.2) is 43.5 Å². The first-order chi connectivity index (χ1) is 16.0. The molecule has 2 aromatic carbocycles. The number of ether oxygens (including phenoxy) is 2. The second-order valence-corrected chi connectivity index (χ2v) is 8.43. The summed E-state index contributed by atoms with van der Waals surface area (Å²) < 4.78 is 10.6. The molecule has 2 N–H and O–H groups in total. The van der Waals surface area contributed by atoms with Gasteiger partial charge in [0, 0.05) is 24.0 Å². The Balaban J connectivity index is 1.58. The summed E-state index contributed by atoms with van der Waals surface area (Å²) in [6.45, 7) is 0.763. The van der Waals surface area contributed by atoms with Crippen LogP contribution in [0.15, 0.2) is 54.6 Å². The fourth-order valence-electron chi connectivity index (χ4n) is 3.64. The number of thiophene rings is 1. The molecule has 0 saturated heterocycles. The smallest absolute Gasteiger partial charge is 0.409 e. The molecule has 2 heterocycles. The number of rotatable bonds is 5. The van der Waals surface area contributed by atoms with Crippen LogP contribution in [0.25, 0.3) is 0 Å². The van der Waals surface area contributed by atoms with Gasteiger partial charge in [-0.05, 0) is 42.3 Å². The van der Waals surface area contributed by atoms with Gasteiger partial charge in [-0.15, -0.1) is 11.3 Å². The fraction of sp³-hybridized carbons (Fsp3) is 0.208. The third kappa shape index (κ3) is 4.83. The second-order valence-electron chi connectivity index (χ2n) is 7.33. The molecule has 0 radical (unpaired) electrons. The van der Waals surface area contributed by atoms with E-state index >= 15 is 0 Å². The molecule has 170 valence electrons. The van der Waals surface area contributed by atoms with Gasteiger partial charge in [-0.3, -0.25) is 9.59 Å². The Morgan fingerprint density at radius 3 is 2.48 bits per heavy atom. The molecule has 0 atom stereocenters. The predicted molar refractivity (Wildman–Crippen MR) is 125 cm³/mol. The van der Waals surface area contributed by atoms with E-state index in [0.717, 1.165) is 10.4 Å². The van der Waals surface area contributed by atoms with Crippen molar-refractivity contribution in [3.05, 3.63) is 76.2 Å². The Bertz CT molecular complexity index is 1190. The van der Waals surface area contributed by atoms with Crippen LogP contribution in [0.2, 0.25) is 0 Å². The van der Waals surface area contributed by atoms with Crippen molar-refractivity contribution >= 4 is 34.2 Å². The van der Waals surface area contributed by atoms with Crippen molar-refractivity contribution in [3.63, 3.8) is 0 Å². The Labute approximate surface area is 195 Å². The van der Waals surface area contributed by atoms with E-state index in [-0.39, 0.29) is 11.8 Å². The second kappa shape index (κ2) is 9.74. The van der Waals surface area contributed by atoms with Gasteiger partial charge in [0.05, 0.1) is 19.2 Å². The maximum atomic E-state index is 13.0. The van der Waals surface area contributed by atoms with Crippen molar-refractivity contribution in [2.24, 2.45) is 0 Å². The molecule has 0 saturated carbocycles. The molecule has 0 spiro atoms. The molecule has 1 aromatic heterocycles.